The number of benzene rings is 2. The third-order valence-corrected chi connectivity index (χ3v) is 7.53. The van der Waals surface area contributed by atoms with Gasteiger partial charge in [-0.05, 0) is 48.4 Å². The Hall–Kier alpha value is -2.88. The van der Waals surface area contributed by atoms with Crippen molar-refractivity contribution in [2.45, 2.75) is 104 Å². The Bertz CT molecular complexity index is 1020. The molecular weight excluding hydrogens is 480 g/mol. The Morgan fingerprint density at radius 1 is 0.564 bits per heavy atom. The number of unbranched alkanes of at least 4 members (excludes halogenated alkanes) is 9. The van der Waals surface area contributed by atoms with Crippen molar-refractivity contribution in [3.63, 3.8) is 0 Å². The van der Waals surface area contributed by atoms with Crippen molar-refractivity contribution >= 4 is 0 Å². The van der Waals surface area contributed by atoms with Gasteiger partial charge in [0.1, 0.15) is 5.75 Å². The zero-order valence-corrected chi connectivity index (χ0v) is 24.7. The molecule has 2 aromatic carbocycles. The minimum atomic E-state index is 0.714. The molecule has 0 radical (unpaired) electrons. The van der Waals surface area contributed by atoms with Gasteiger partial charge in [0.25, 0.3) is 0 Å². The van der Waals surface area contributed by atoms with Crippen molar-refractivity contribution in [1.29, 1.82) is 0 Å². The second kappa shape index (κ2) is 18.4. The van der Waals surface area contributed by atoms with Gasteiger partial charge in [0.2, 0.25) is 0 Å². The van der Waals surface area contributed by atoms with Gasteiger partial charge in [-0.25, -0.2) is 9.97 Å². The third-order valence-electron chi connectivity index (χ3n) is 7.53. The van der Waals surface area contributed by atoms with Gasteiger partial charge in [0.15, 0.2) is 11.6 Å². The largest absolute Gasteiger partial charge is 0.494 e. The minimum absolute atomic E-state index is 0.714. The molecule has 0 bridgehead atoms. The number of rotatable bonds is 20. The molecule has 0 spiro atoms. The summed E-state index contributed by atoms with van der Waals surface area (Å²) in [6.45, 7) is 8.35. The lowest BCUT2D eigenvalue weighted by Gasteiger charge is -2.09. The highest BCUT2D eigenvalue weighted by Crippen LogP contribution is 2.26. The SMILES string of the molecule is CCCCCCCCCCCOc1ccc(-c2ccc(-c3ncc(OCCCC[C@@H](C)CC)cn3)cc2)cc1. The number of aromatic nitrogens is 2. The zero-order chi connectivity index (χ0) is 27.5. The maximum Gasteiger partial charge on any atom is 0.159 e. The van der Waals surface area contributed by atoms with Gasteiger partial charge >= 0.3 is 0 Å². The molecule has 0 amide bonds. The number of nitrogens with zero attached hydrogens (tertiary/aromatic N) is 2. The summed E-state index contributed by atoms with van der Waals surface area (Å²) < 4.78 is 11.8. The molecule has 0 N–H and O–H groups in total. The van der Waals surface area contributed by atoms with E-state index in [1.54, 1.807) is 12.4 Å². The van der Waals surface area contributed by atoms with Crippen LogP contribution in [0.4, 0.5) is 0 Å². The first-order valence-electron chi connectivity index (χ1n) is 15.5. The van der Waals surface area contributed by atoms with E-state index in [0.29, 0.717) is 5.82 Å². The molecule has 3 aromatic rings. The van der Waals surface area contributed by atoms with Crippen molar-refractivity contribution < 1.29 is 9.47 Å². The van der Waals surface area contributed by atoms with Crippen LogP contribution in [0.2, 0.25) is 0 Å². The second-order valence-electron chi connectivity index (χ2n) is 10.9. The maximum absolute atomic E-state index is 5.97. The van der Waals surface area contributed by atoms with E-state index >= 15 is 0 Å². The maximum atomic E-state index is 5.97. The molecule has 0 saturated carbocycles. The molecule has 1 heterocycles. The van der Waals surface area contributed by atoms with E-state index in [4.69, 9.17) is 9.47 Å². The van der Waals surface area contributed by atoms with Gasteiger partial charge < -0.3 is 9.47 Å². The summed E-state index contributed by atoms with van der Waals surface area (Å²) in [5.41, 5.74) is 3.34. The van der Waals surface area contributed by atoms with Crippen LogP contribution in [-0.2, 0) is 0 Å². The van der Waals surface area contributed by atoms with Crippen LogP contribution in [0.1, 0.15) is 104 Å². The summed E-state index contributed by atoms with van der Waals surface area (Å²) in [5, 5.41) is 0. The molecule has 0 fully saturated rings. The number of ether oxygens (including phenoxy) is 2. The molecule has 39 heavy (non-hydrogen) atoms. The Labute approximate surface area is 237 Å². The Balaban J connectivity index is 1.36. The summed E-state index contributed by atoms with van der Waals surface area (Å²) in [6, 6.07) is 16.8. The van der Waals surface area contributed by atoms with E-state index in [0.717, 1.165) is 49.0 Å². The summed E-state index contributed by atoms with van der Waals surface area (Å²) in [5.74, 6) is 3.19. The topological polar surface area (TPSA) is 44.2 Å². The second-order valence-corrected chi connectivity index (χ2v) is 10.9. The monoisotopic (exact) mass is 530 g/mol. The first-order chi connectivity index (χ1) is 19.2. The lowest BCUT2D eigenvalue weighted by atomic mass is 10.0. The molecule has 0 unspecified atom stereocenters. The van der Waals surface area contributed by atoms with Gasteiger partial charge in [0, 0.05) is 5.56 Å². The Kier molecular flexibility index (Phi) is 14.5. The van der Waals surface area contributed by atoms with E-state index < -0.39 is 0 Å². The molecule has 4 nitrogen and oxygen atoms in total. The van der Waals surface area contributed by atoms with Crippen LogP contribution < -0.4 is 9.47 Å². The Morgan fingerprint density at radius 3 is 1.64 bits per heavy atom. The van der Waals surface area contributed by atoms with Crippen molar-refractivity contribution in [3.05, 3.63) is 60.9 Å². The first kappa shape index (κ1) is 30.7. The average molecular weight is 531 g/mol. The van der Waals surface area contributed by atoms with Crippen LogP contribution in [0.15, 0.2) is 60.9 Å². The normalized spacial score (nSPS) is 11.9. The molecule has 212 valence electrons. The lowest BCUT2D eigenvalue weighted by molar-refractivity contribution is 0.297. The molecule has 0 aliphatic carbocycles. The van der Waals surface area contributed by atoms with Crippen LogP contribution in [0.25, 0.3) is 22.5 Å². The van der Waals surface area contributed by atoms with Crippen molar-refractivity contribution in [1.82, 2.24) is 9.97 Å². The van der Waals surface area contributed by atoms with E-state index in [2.05, 4.69) is 79.3 Å². The van der Waals surface area contributed by atoms with E-state index in [1.165, 1.54) is 81.8 Å². The van der Waals surface area contributed by atoms with Crippen molar-refractivity contribution in [2.75, 3.05) is 13.2 Å². The lowest BCUT2D eigenvalue weighted by Crippen LogP contribution is -2.00. The fraction of sp³-hybridized carbons (Fsp3) is 0.543. The summed E-state index contributed by atoms with van der Waals surface area (Å²) in [4.78, 5) is 9.03. The van der Waals surface area contributed by atoms with E-state index in [-0.39, 0.29) is 0 Å². The standard InChI is InChI=1S/C35H50N2O2/c1-4-6-7-8-9-10-11-12-14-25-38-33-23-21-31(22-24-33)30-17-19-32(20-18-30)35-36-27-34(28-37-35)39-26-15-13-16-29(3)5-2/h17-24,27-29H,4-16,25-26H2,1-3H3/t29-/m0/s1. The number of hydrogen-bond donors (Lipinski definition) is 0. The number of hydrogen-bond acceptors (Lipinski definition) is 4. The predicted octanol–water partition coefficient (Wildman–Crippen LogP) is 10.3. The van der Waals surface area contributed by atoms with Crippen LogP contribution in [0.5, 0.6) is 11.5 Å². The summed E-state index contributed by atoms with van der Waals surface area (Å²) >= 11 is 0. The zero-order valence-electron chi connectivity index (χ0n) is 24.7. The molecule has 0 aliphatic rings. The molecule has 0 saturated heterocycles. The van der Waals surface area contributed by atoms with E-state index in [9.17, 15) is 0 Å². The fourth-order valence-corrected chi connectivity index (χ4v) is 4.69. The van der Waals surface area contributed by atoms with Crippen LogP contribution >= 0.6 is 0 Å². The average Bonchev–Trinajstić information content (AvgIpc) is 2.98. The first-order valence-corrected chi connectivity index (χ1v) is 15.5. The van der Waals surface area contributed by atoms with Gasteiger partial charge in [0.05, 0.1) is 25.6 Å². The van der Waals surface area contributed by atoms with Gasteiger partial charge in [-0.3, -0.25) is 0 Å². The summed E-state index contributed by atoms with van der Waals surface area (Å²) in [6.07, 6.45) is 20.3. The van der Waals surface area contributed by atoms with Crippen LogP contribution in [0.3, 0.4) is 0 Å². The van der Waals surface area contributed by atoms with Gasteiger partial charge in [-0.1, -0.05) is 121 Å². The highest BCUT2D eigenvalue weighted by molar-refractivity contribution is 5.68. The van der Waals surface area contributed by atoms with E-state index in [1.807, 2.05) is 0 Å². The van der Waals surface area contributed by atoms with Crippen molar-refractivity contribution in [2.24, 2.45) is 5.92 Å². The molecule has 4 heteroatoms. The van der Waals surface area contributed by atoms with Gasteiger partial charge in [-0.2, -0.15) is 0 Å². The van der Waals surface area contributed by atoms with Gasteiger partial charge in [-0.15, -0.1) is 0 Å². The molecular formula is C35H50N2O2. The highest BCUT2D eigenvalue weighted by Gasteiger charge is 2.05. The molecule has 3 rings (SSSR count). The predicted molar refractivity (Wildman–Crippen MR) is 164 cm³/mol. The van der Waals surface area contributed by atoms with Crippen LogP contribution in [0, 0.1) is 5.92 Å². The molecule has 1 atom stereocenters. The minimum Gasteiger partial charge on any atom is -0.494 e. The highest BCUT2D eigenvalue weighted by atomic mass is 16.5. The molecule has 0 aliphatic heterocycles. The quantitative estimate of drug-likeness (QED) is 0.136. The molecule has 1 aromatic heterocycles. The Morgan fingerprint density at radius 2 is 1.05 bits per heavy atom. The van der Waals surface area contributed by atoms with Crippen molar-refractivity contribution in [3.8, 4) is 34.0 Å². The van der Waals surface area contributed by atoms with Crippen LogP contribution in [-0.4, -0.2) is 23.2 Å². The third kappa shape index (κ3) is 11.8. The smallest absolute Gasteiger partial charge is 0.159 e. The summed E-state index contributed by atoms with van der Waals surface area (Å²) in [7, 11) is 0. The fourth-order valence-electron chi connectivity index (χ4n) is 4.69.